The fourth-order valence-corrected chi connectivity index (χ4v) is 5.51. The molecule has 1 unspecified atom stereocenters. The lowest BCUT2D eigenvalue weighted by Gasteiger charge is -2.25. The van der Waals surface area contributed by atoms with Crippen molar-refractivity contribution in [3.63, 3.8) is 0 Å². The Kier molecular flexibility index (Phi) is 6.64. The number of halogens is 1. The van der Waals surface area contributed by atoms with Crippen molar-refractivity contribution in [1.29, 1.82) is 0 Å². The maximum atomic E-state index is 11.6. The second-order valence-corrected chi connectivity index (χ2v) is 10.4. The van der Waals surface area contributed by atoms with Gasteiger partial charge in [0.15, 0.2) is 15.8 Å². The fourth-order valence-electron chi connectivity index (χ4n) is 3.65. The number of nitrogens with one attached hydrogen (secondary N) is 1. The number of rotatable bonds is 2. The molecule has 2 aliphatic rings. The van der Waals surface area contributed by atoms with E-state index < -0.39 is 9.84 Å². The number of hydrogen-bond donors (Lipinski definition) is 1. The van der Waals surface area contributed by atoms with E-state index in [0.29, 0.717) is 18.1 Å². The van der Waals surface area contributed by atoms with Gasteiger partial charge in [-0.1, -0.05) is 32.9 Å². The van der Waals surface area contributed by atoms with E-state index in [2.05, 4.69) is 54.2 Å². The predicted octanol–water partition coefficient (Wildman–Crippen LogP) is 2.97. The number of hydrogen-bond acceptors (Lipinski definition) is 3. The van der Waals surface area contributed by atoms with Crippen LogP contribution in [0.15, 0.2) is 23.2 Å². The molecule has 26 heavy (non-hydrogen) atoms. The fraction of sp³-hybridized carbons (Fsp3) is 0.632. The molecular weight excluding hydrogens is 461 g/mol. The molecule has 5 nitrogen and oxygen atoms in total. The molecule has 2 heterocycles. The van der Waals surface area contributed by atoms with Crippen molar-refractivity contribution in [3.8, 4) is 0 Å². The molecule has 0 spiro atoms. The zero-order chi connectivity index (χ0) is 18.2. The monoisotopic (exact) mass is 491 g/mol. The van der Waals surface area contributed by atoms with Crippen LogP contribution >= 0.6 is 24.0 Å². The predicted molar refractivity (Wildman–Crippen MR) is 120 cm³/mol. The minimum Gasteiger partial charge on any atom is -0.356 e. The quantitative estimate of drug-likeness (QED) is 0.393. The molecule has 1 aromatic carbocycles. The Morgan fingerprint density at radius 2 is 2.08 bits per heavy atom. The number of nitrogens with zero attached hydrogens (tertiary/aromatic N) is 2. The summed E-state index contributed by atoms with van der Waals surface area (Å²) in [6.45, 7) is 8.27. The summed E-state index contributed by atoms with van der Waals surface area (Å²) in [6, 6.07) is 6.70. The van der Waals surface area contributed by atoms with Gasteiger partial charge in [-0.15, -0.1) is 24.0 Å². The smallest absolute Gasteiger partial charge is 0.198 e. The van der Waals surface area contributed by atoms with E-state index in [9.17, 15) is 8.42 Å². The number of sulfone groups is 1. The summed E-state index contributed by atoms with van der Waals surface area (Å²) < 4.78 is 23.2. The lowest BCUT2D eigenvalue weighted by Crippen LogP contribution is -2.42. The highest BCUT2D eigenvalue weighted by atomic mass is 127. The maximum Gasteiger partial charge on any atom is 0.198 e. The highest BCUT2D eigenvalue weighted by Gasteiger charge is 2.29. The molecule has 1 saturated heterocycles. The van der Waals surface area contributed by atoms with Crippen LogP contribution in [0.5, 0.6) is 0 Å². The summed E-state index contributed by atoms with van der Waals surface area (Å²) in [5, 5.41) is 3.39. The Labute approximate surface area is 174 Å². The normalized spacial score (nSPS) is 22.1. The molecule has 3 rings (SSSR count). The highest BCUT2D eigenvalue weighted by Crippen LogP contribution is 2.33. The van der Waals surface area contributed by atoms with Crippen LogP contribution in [0.3, 0.4) is 0 Å². The van der Waals surface area contributed by atoms with Crippen molar-refractivity contribution >= 4 is 45.5 Å². The third kappa shape index (κ3) is 4.71. The van der Waals surface area contributed by atoms with Crippen molar-refractivity contribution in [3.05, 3.63) is 29.3 Å². The van der Waals surface area contributed by atoms with E-state index in [1.54, 1.807) is 7.05 Å². The van der Waals surface area contributed by atoms with Crippen LogP contribution in [0.4, 0.5) is 5.69 Å². The number of fused-ring (bicyclic) bond motifs is 1. The van der Waals surface area contributed by atoms with Crippen molar-refractivity contribution in [2.75, 3.05) is 36.5 Å². The first-order chi connectivity index (χ1) is 11.7. The van der Waals surface area contributed by atoms with Gasteiger partial charge in [0, 0.05) is 25.8 Å². The van der Waals surface area contributed by atoms with Crippen LogP contribution < -0.4 is 10.2 Å². The van der Waals surface area contributed by atoms with Crippen molar-refractivity contribution in [2.24, 2.45) is 10.9 Å². The summed E-state index contributed by atoms with van der Waals surface area (Å²) in [7, 11) is -1.04. The number of anilines is 1. The van der Waals surface area contributed by atoms with E-state index in [1.807, 2.05) is 0 Å². The molecule has 0 radical (unpaired) electrons. The first-order valence-corrected chi connectivity index (χ1v) is 10.8. The average Bonchev–Trinajstić information content (AvgIpc) is 3.10. The van der Waals surface area contributed by atoms with Crippen molar-refractivity contribution < 1.29 is 8.42 Å². The standard InChI is InChI=1S/C19H29N3O2S.HI/c1-19(2,3)16-5-6-17-15(11-16)7-9-22(17)18(20-4)21-12-14-8-10-25(23,24)13-14;/h5-6,11,14H,7-10,12-13H2,1-4H3,(H,20,21);1H. The molecule has 7 heteroatoms. The summed E-state index contributed by atoms with van der Waals surface area (Å²) in [5.41, 5.74) is 4.07. The van der Waals surface area contributed by atoms with Crippen LogP contribution in [0, 0.1) is 5.92 Å². The first-order valence-electron chi connectivity index (χ1n) is 9.01. The van der Waals surface area contributed by atoms with Gasteiger partial charge in [0.25, 0.3) is 0 Å². The summed E-state index contributed by atoms with van der Waals surface area (Å²) >= 11 is 0. The Balaban J connectivity index is 0.00000243. The van der Waals surface area contributed by atoms with Gasteiger partial charge in [-0.3, -0.25) is 4.99 Å². The average molecular weight is 491 g/mol. The second-order valence-electron chi connectivity index (χ2n) is 8.19. The molecular formula is C19H30IN3O2S. The topological polar surface area (TPSA) is 61.8 Å². The molecule has 1 atom stereocenters. The highest BCUT2D eigenvalue weighted by molar-refractivity contribution is 14.0. The second kappa shape index (κ2) is 8.04. The van der Waals surface area contributed by atoms with E-state index in [0.717, 1.165) is 25.3 Å². The Morgan fingerprint density at radius 1 is 1.35 bits per heavy atom. The molecule has 2 aliphatic heterocycles. The van der Waals surface area contributed by atoms with Crippen LogP contribution in [0.2, 0.25) is 0 Å². The summed E-state index contributed by atoms with van der Waals surface area (Å²) in [6.07, 6.45) is 1.76. The zero-order valence-corrected chi connectivity index (χ0v) is 19.2. The van der Waals surface area contributed by atoms with Gasteiger partial charge < -0.3 is 10.2 Å². The SMILES string of the molecule is CN=C(NCC1CCS(=O)(=O)C1)N1CCc2cc(C(C)(C)C)ccc21.I. The van der Waals surface area contributed by atoms with Crippen molar-refractivity contribution in [2.45, 2.75) is 39.0 Å². The third-order valence-electron chi connectivity index (χ3n) is 5.18. The lowest BCUT2D eigenvalue weighted by atomic mass is 9.86. The number of aliphatic imine (C=N–C) groups is 1. The molecule has 1 aromatic rings. The Hall–Kier alpha value is -0.830. The van der Waals surface area contributed by atoms with Gasteiger partial charge in [0.05, 0.1) is 11.5 Å². The molecule has 0 aromatic heterocycles. The summed E-state index contributed by atoms with van der Waals surface area (Å²) in [5.74, 6) is 1.64. The molecule has 0 amide bonds. The third-order valence-corrected chi connectivity index (χ3v) is 7.02. The zero-order valence-electron chi connectivity index (χ0n) is 16.1. The van der Waals surface area contributed by atoms with E-state index in [4.69, 9.17) is 0 Å². The molecule has 0 aliphatic carbocycles. The lowest BCUT2D eigenvalue weighted by molar-refractivity contribution is 0.570. The first kappa shape index (κ1) is 21.5. The minimum atomic E-state index is -2.83. The van der Waals surface area contributed by atoms with E-state index in [1.165, 1.54) is 16.8 Å². The van der Waals surface area contributed by atoms with Gasteiger partial charge in [-0.05, 0) is 41.4 Å². The number of guanidine groups is 1. The summed E-state index contributed by atoms with van der Waals surface area (Å²) in [4.78, 5) is 6.63. The Bertz CT molecular complexity index is 784. The molecule has 0 saturated carbocycles. The van der Waals surface area contributed by atoms with Crippen LogP contribution in [0.1, 0.15) is 38.3 Å². The van der Waals surface area contributed by atoms with Crippen molar-refractivity contribution in [1.82, 2.24) is 5.32 Å². The van der Waals surface area contributed by atoms with Gasteiger partial charge in [0.2, 0.25) is 0 Å². The number of benzene rings is 1. The van der Waals surface area contributed by atoms with E-state index in [-0.39, 0.29) is 35.3 Å². The molecule has 1 fully saturated rings. The van der Waals surface area contributed by atoms with Crippen LogP contribution in [-0.4, -0.2) is 46.0 Å². The largest absolute Gasteiger partial charge is 0.356 e. The van der Waals surface area contributed by atoms with Crippen LogP contribution in [-0.2, 0) is 21.7 Å². The Morgan fingerprint density at radius 3 is 2.65 bits per heavy atom. The maximum absolute atomic E-state index is 11.6. The molecule has 0 bridgehead atoms. The van der Waals surface area contributed by atoms with Crippen LogP contribution in [0.25, 0.3) is 0 Å². The van der Waals surface area contributed by atoms with Gasteiger partial charge in [-0.2, -0.15) is 0 Å². The van der Waals surface area contributed by atoms with E-state index >= 15 is 0 Å². The van der Waals surface area contributed by atoms with Gasteiger partial charge in [-0.25, -0.2) is 8.42 Å². The molecule has 1 N–H and O–H groups in total. The minimum absolute atomic E-state index is 0. The van der Waals surface area contributed by atoms with Gasteiger partial charge >= 0.3 is 0 Å². The van der Waals surface area contributed by atoms with Gasteiger partial charge in [0.1, 0.15) is 0 Å². The molecule has 146 valence electrons.